The van der Waals surface area contributed by atoms with Gasteiger partial charge in [-0.2, -0.15) is 0 Å². The second kappa shape index (κ2) is 5.68. The SMILES string of the molecule is CN1CCC(c2csc(C3CCCCN3)n2)CC1. The van der Waals surface area contributed by atoms with Crippen LogP contribution in [0.15, 0.2) is 5.38 Å². The van der Waals surface area contributed by atoms with E-state index in [2.05, 4.69) is 22.6 Å². The molecule has 1 unspecified atom stereocenters. The van der Waals surface area contributed by atoms with Gasteiger partial charge < -0.3 is 10.2 Å². The average Bonchev–Trinajstić information content (AvgIpc) is 2.90. The normalized spacial score (nSPS) is 27.5. The highest BCUT2D eigenvalue weighted by atomic mass is 32.1. The molecule has 1 N–H and O–H groups in total. The maximum absolute atomic E-state index is 4.92. The number of hydrogen-bond acceptors (Lipinski definition) is 4. The maximum atomic E-state index is 4.92. The average molecular weight is 265 g/mol. The van der Waals surface area contributed by atoms with Crippen molar-refractivity contribution < 1.29 is 0 Å². The van der Waals surface area contributed by atoms with Gasteiger partial charge in [0.2, 0.25) is 0 Å². The summed E-state index contributed by atoms with van der Waals surface area (Å²) in [6, 6.07) is 0.531. The molecule has 0 spiro atoms. The van der Waals surface area contributed by atoms with Gasteiger partial charge in [0.1, 0.15) is 5.01 Å². The van der Waals surface area contributed by atoms with E-state index in [1.54, 1.807) is 0 Å². The fraction of sp³-hybridized carbons (Fsp3) is 0.786. The predicted molar refractivity (Wildman–Crippen MR) is 76.2 cm³/mol. The van der Waals surface area contributed by atoms with Crippen LogP contribution in [-0.4, -0.2) is 36.6 Å². The minimum absolute atomic E-state index is 0.531. The summed E-state index contributed by atoms with van der Waals surface area (Å²) in [5.74, 6) is 0.704. The fourth-order valence-corrected chi connectivity index (χ4v) is 4.03. The number of nitrogens with one attached hydrogen (secondary N) is 1. The monoisotopic (exact) mass is 265 g/mol. The quantitative estimate of drug-likeness (QED) is 0.891. The Hall–Kier alpha value is -0.450. The molecule has 2 saturated heterocycles. The Morgan fingerprint density at radius 3 is 2.83 bits per heavy atom. The largest absolute Gasteiger partial charge is 0.308 e. The van der Waals surface area contributed by atoms with Gasteiger partial charge in [0.05, 0.1) is 11.7 Å². The van der Waals surface area contributed by atoms with Crippen molar-refractivity contribution >= 4 is 11.3 Å². The highest BCUT2D eigenvalue weighted by Crippen LogP contribution is 2.32. The number of nitrogens with zero attached hydrogens (tertiary/aromatic N) is 2. The van der Waals surface area contributed by atoms with E-state index in [-0.39, 0.29) is 0 Å². The Morgan fingerprint density at radius 1 is 1.28 bits per heavy atom. The Labute approximate surface area is 114 Å². The maximum Gasteiger partial charge on any atom is 0.110 e. The molecule has 3 nitrogen and oxygen atoms in total. The molecular formula is C14H23N3S. The standard InChI is InChI=1S/C14H23N3S/c1-17-8-5-11(6-9-17)13-10-18-14(16-13)12-4-2-3-7-15-12/h10-12,15H,2-9H2,1H3. The molecule has 0 aliphatic carbocycles. The van der Waals surface area contributed by atoms with Gasteiger partial charge in [-0.15, -0.1) is 11.3 Å². The zero-order valence-corrected chi connectivity index (χ0v) is 12.0. The molecular weight excluding hydrogens is 242 g/mol. The van der Waals surface area contributed by atoms with Crippen LogP contribution in [0.4, 0.5) is 0 Å². The molecule has 0 radical (unpaired) electrons. The third-order valence-electron chi connectivity index (χ3n) is 4.28. The molecule has 1 aromatic rings. The summed E-state index contributed by atoms with van der Waals surface area (Å²) in [6.45, 7) is 3.60. The molecule has 2 aliphatic rings. The van der Waals surface area contributed by atoms with E-state index in [9.17, 15) is 0 Å². The van der Waals surface area contributed by atoms with Crippen LogP contribution in [0.25, 0.3) is 0 Å². The molecule has 18 heavy (non-hydrogen) atoms. The van der Waals surface area contributed by atoms with E-state index in [1.807, 2.05) is 11.3 Å². The predicted octanol–water partition coefficient (Wildman–Crippen LogP) is 2.77. The van der Waals surface area contributed by atoms with Gasteiger partial charge in [0, 0.05) is 11.3 Å². The lowest BCUT2D eigenvalue weighted by Crippen LogP contribution is -2.29. The van der Waals surface area contributed by atoms with Gasteiger partial charge in [-0.1, -0.05) is 6.42 Å². The second-order valence-electron chi connectivity index (χ2n) is 5.69. The summed E-state index contributed by atoms with van der Waals surface area (Å²) in [6.07, 6.45) is 6.49. The molecule has 4 heteroatoms. The summed E-state index contributed by atoms with van der Waals surface area (Å²) < 4.78 is 0. The van der Waals surface area contributed by atoms with Crippen molar-refractivity contribution in [3.63, 3.8) is 0 Å². The second-order valence-corrected chi connectivity index (χ2v) is 6.58. The molecule has 3 rings (SSSR count). The van der Waals surface area contributed by atoms with Gasteiger partial charge in [-0.3, -0.25) is 0 Å². The number of hydrogen-bond donors (Lipinski definition) is 1. The molecule has 0 aromatic carbocycles. The van der Waals surface area contributed by atoms with Crippen LogP contribution < -0.4 is 5.32 Å². The molecule has 100 valence electrons. The summed E-state index contributed by atoms with van der Waals surface area (Å²) >= 11 is 1.86. The van der Waals surface area contributed by atoms with Gasteiger partial charge in [-0.05, 0) is 52.4 Å². The first-order valence-corrected chi connectivity index (χ1v) is 8.08. The molecule has 0 bridgehead atoms. The van der Waals surface area contributed by atoms with Crippen molar-refractivity contribution in [2.24, 2.45) is 0 Å². The van der Waals surface area contributed by atoms with Crippen molar-refractivity contribution in [1.29, 1.82) is 0 Å². The van der Waals surface area contributed by atoms with Crippen LogP contribution in [-0.2, 0) is 0 Å². The van der Waals surface area contributed by atoms with E-state index in [1.165, 1.54) is 55.9 Å². The first-order chi connectivity index (χ1) is 8.83. The fourth-order valence-electron chi connectivity index (χ4n) is 3.02. The van der Waals surface area contributed by atoms with Crippen molar-refractivity contribution in [3.05, 3.63) is 16.1 Å². The molecule has 2 aliphatic heterocycles. The smallest absolute Gasteiger partial charge is 0.110 e. The topological polar surface area (TPSA) is 28.2 Å². The molecule has 1 aromatic heterocycles. The summed E-state index contributed by atoms with van der Waals surface area (Å²) in [7, 11) is 2.22. The van der Waals surface area contributed by atoms with Crippen LogP contribution in [0.2, 0.25) is 0 Å². The van der Waals surface area contributed by atoms with Crippen LogP contribution in [0.3, 0.4) is 0 Å². The number of aromatic nitrogens is 1. The minimum Gasteiger partial charge on any atom is -0.308 e. The van der Waals surface area contributed by atoms with Crippen LogP contribution in [0.1, 0.15) is 54.8 Å². The number of piperidine rings is 2. The number of thiazole rings is 1. The number of likely N-dealkylation sites (tertiary alicyclic amines) is 1. The summed E-state index contributed by atoms with van der Waals surface area (Å²) in [5.41, 5.74) is 1.36. The van der Waals surface area contributed by atoms with Gasteiger partial charge in [-0.25, -0.2) is 4.98 Å². The summed E-state index contributed by atoms with van der Waals surface area (Å²) in [4.78, 5) is 7.34. The molecule has 0 amide bonds. The van der Waals surface area contributed by atoms with Crippen LogP contribution in [0.5, 0.6) is 0 Å². The Morgan fingerprint density at radius 2 is 2.11 bits per heavy atom. The van der Waals surface area contributed by atoms with Crippen molar-refractivity contribution in [2.75, 3.05) is 26.7 Å². The van der Waals surface area contributed by atoms with Crippen LogP contribution in [0, 0.1) is 0 Å². The highest BCUT2D eigenvalue weighted by molar-refractivity contribution is 7.09. The van der Waals surface area contributed by atoms with E-state index in [4.69, 9.17) is 4.98 Å². The lowest BCUT2D eigenvalue weighted by atomic mass is 9.94. The highest BCUT2D eigenvalue weighted by Gasteiger charge is 2.23. The lowest BCUT2D eigenvalue weighted by Gasteiger charge is -2.28. The molecule has 1 atom stereocenters. The van der Waals surface area contributed by atoms with E-state index >= 15 is 0 Å². The zero-order chi connectivity index (χ0) is 12.4. The van der Waals surface area contributed by atoms with Crippen molar-refractivity contribution in [2.45, 2.75) is 44.1 Å². The van der Waals surface area contributed by atoms with Crippen molar-refractivity contribution in [1.82, 2.24) is 15.2 Å². The van der Waals surface area contributed by atoms with Gasteiger partial charge in [0.15, 0.2) is 0 Å². The summed E-state index contributed by atoms with van der Waals surface area (Å²) in [5, 5.41) is 7.23. The van der Waals surface area contributed by atoms with Gasteiger partial charge >= 0.3 is 0 Å². The van der Waals surface area contributed by atoms with E-state index in [0.29, 0.717) is 12.0 Å². The Balaban J connectivity index is 1.65. The van der Waals surface area contributed by atoms with E-state index in [0.717, 1.165) is 6.54 Å². The first-order valence-electron chi connectivity index (χ1n) is 7.20. The minimum atomic E-state index is 0.531. The third-order valence-corrected chi connectivity index (χ3v) is 5.26. The lowest BCUT2D eigenvalue weighted by molar-refractivity contribution is 0.253. The Kier molecular flexibility index (Phi) is 3.97. The first kappa shape index (κ1) is 12.6. The third kappa shape index (κ3) is 2.76. The van der Waals surface area contributed by atoms with Gasteiger partial charge in [0.25, 0.3) is 0 Å². The molecule has 2 fully saturated rings. The van der Waals surface area contributed by atoms with E-state index < -0.39 is 0 Å². The molecule has 3 heterocycles. The van der Waals surface area contributed by atoms with Crippen molar-refractivity contribution in [3.8, 4) is 0 Å². The Bertz CT molecular complexity index is 376. The number of rotatable bonds is 2. The zero-order valence-electron chi connectivity index (χ0n) is 11.2. The molecule has 0 saturated carbocycles. The van der Waals surface area contributed by atoms with Crippen LogP contribution >= 0.6 is 11.3 Å².